The summed E-state index contributed by atoms with van der Waals surface area (Å²) in [6.07, 6.45) is 0. The van der Waals surface area contributed by atoms with E-state index in [0.29, 0.717) is 5.69 Å². The maximum absolute atomic E-state index is 11.7. The average Bonchev–Trinajstić information content (AvgIpc) is 2.15. The first kappa shape index (κ1) is 14.0. The largest absolute Gasteiger partial charge is 0.326 e. The van der Waals surface area contributed by atoms with Crippen molar-refractivity contribution in [2.24, 2.45) is 5.41 Å². The van der Waals surface area contributed by atoms with Gasteiger partial charge in [0.2, 0.25) is 5.91 Å². The Morgan fingerprint density at radius 2 is 1.88 bits per heavy atom. The van der Waals surface area contributed by atoms with Gasteiger partial charge >= 0.3 is 0 Å². The van der Waals surface area contributed by atoms with Crippen LogP contribution >= 0.6 is 10.7 Å². The molecule has 0 saturated carbocycles. The summed E-state index contributed by atoms with van der Waals surface area (Å²) < 4.78 is 22.2. The second-order valence-electron chi connectivity index (χ2n) is 4.67. The highest BCUT2D eigenvalue weighted by Gasteiger charge is 2.21. The van der Waals surface area contributed by atoms with Crippen LogP contribution in [0.5, 0.6) is 0 Å². The highest BCUT2D eigenvalue weighted by atomic mass is 35.7. The van der Waals surface area contributed by atoms with Gasteiger partial charge in [-0.05, 0) is 18.2 Å². The van der Waals surface area contributed by atoms with E-state index in [0.717, 1.165) is 0 Å². The first-order valence-electron chi connectivity index (χ1n) is 4.97. The number of carbonyl (C=O) groups is 1. The second-order valence-corrected chi connectivity index (χ2v) is 7.24. The van der Waals surface area contributed by atoms with Gasteiger partial charge in [-0.15, -0.1) is 0 Å². The van der Waals surface area contributed by atoms with E-state index in [9.17, 15) is 13.2 Å². The first-order chi connectivity index (χ1) is 7.60. The summed E-state index contributed by atoms with van der Waals surface area (Å²) in [7, 11) is 1.44. The van der Waals surface area contributed by atoms with Crippen LogP contribution in [0.3, 0.4) is 0 Å². The third-order valence-electron chi connectivity index (χ3n) is 2.05. The summed E-state index contributed by atoms with van der Waals surface area (Å²) in [6.45, 7) is 5.30. The Balaban J connectivity index is 2.99. The number of amides is 1. The Hall–Kier alpha value is -1.07. The highest BCUT2D eigenvalue weighted by molar-refractivity contribution is 8.13. The standard InChI is InChI=1S/C11H14ClNO3S/c1-11(2,3)10(14)13-8-5-4-6-9(7-8)17(12,15)16/h4-7H,1-3H3,(H,13,14). The molecule has 0 aromatic heterocycles. The van der Waals surface area contributed by atoms with Crippen molar-refractivity contribution in [3.05, 3.63) is 24.3 Å². The minimum atomic E-state index is -3.78. The fraction of sp³-hybridized carbons (Fsp3) is 0.364. The molecule has 0 heterocycles. The fourth-order valence-electron chi connectivity index (χ4n) is 1.04. The van der Waals surface area contributed by atoms with Gasteiger partial charge in [0.25, 0.3) is 9.05 Å². The SMILES string of the molecule is CC(C)(C)C(=O)Nc1cccc(S(=O)(=O)Cl)c1. The Bertz CT molecular complexity index is 532. The van der Waals surface area contributed by atoms with Crippen LogP contribution in [0.2, 0.25) is 0 Å². The molecule has 0 bridgehead atoms. The summed E-state index contributed by atoms with van der Waals surface area (Å²) in [6, 6.07) is 5.82. The lowest BCUT2D eigenvalue weighted by atomic mass is 9.95. The van der Waals surface area contributed by atoms with Crippen molar-refractivity contribution in [2.75, 3.05) is 5.32 Å². The lowest BCUT2D eigenvalue weighted by molar-refractivity contribution is -0.123. The molecular weight excluding hydrogens is 262 g/mol. The van der Waals surface area contributed by atoms with Crippen molar-refractivity contribution >= 4 is 31.3 Å². The van der Waals surface area contributed by atoms with E-state index < -0.39 is 14.5 Å². The Morgan fingerprint density at radius 3 is 2.35 bits per heavy atom. The van der Waals surface area contributed by atoms with Gasteiger partial charge in [-0.3, -0.25) is 4.79 Å². The van der Waals surface area contributed by atoms with E-state index in [2.05, 4.69) is 5.32 Å². The molecule has 4 nitrogen and oxygen atoms in total. The van der Waals surface area contributed by atoms with Crippen molar-refractivity contribution in [2.45, 2.75) is 25.7 Å². The molecule has 17 heavy (non-hydrogen) atoms. The lowest BCUT2D eigenvalue weighted by Gasteiger charge is -2.17. The lowest BCUT2D eigenvalue weighted by Crippen LogP contribution is -2.27. The van der Waals surface area contributed by atoms with Crippen LogP contribution in [0.1, 0.15) is 20.8 Å². The summed E-state index contributed by atoms with van der Waals surface area (Å²) in [5.74, 6) is -0.193. The molecule has 0 spiro atoms. The first-order valence-corrected chi connectivity index (χ1v) is 7.28. The van der Waals surface area contributed by atoms with E-state index in [-0.39, 0.29) is 10.8 Å². The quantitative estimate of drug-likeness (QED) is 0.844. The number of anilines is 1. The van der Waals surface area contributed by atoms with E-state index in [1.165, 1.54) is 18.2 Å². The summed E-state index contributed by atoms with van der Waals surface area (Å²) in [4.78, 5) is 11.7. The van der Waals surface area contributed by atoms with Crippen LogP contribution in [-0.4, -0.2) is 14.3 Å². The molecule has 1 aromatic rings. The summed E-state index contributed by atoms with van der Waals surface area (Å²) in [5.41, 5.74) is -0.137. The monoisotopic (exact) mass is 275 g/mol. The van der Waals surface area contributed by atoms with Gasteiger partial charge in [0.15, 0.2) is 0 Å². The predicted molar refractivity (Wildman–Crippen MR) is 67.6 cm³/mol. The molecule has 94 valence electrons. The average molecular weight is 276 g/mol. The molecule has 0 aliphatic rings. The molecule has 0 atom stereocenters. The number of hydrogen-bond acceptors (Lipinski definition) is 3. The van der Waals surface area contributed by atoms with Crippen molar-refractivity contribution in [1.29, 1.82) is 0 Å². The highest BCUT2D eigenvalue weighted by Crippen LogP contribution is 2.21. The van der Waals surface area contributed by atoms with Crippen LogP contribution in [0.25, 0.3) is 0 Å². The van der Waals surface area contributed by atoms with Crippen molar-refractivity contribution in [3.8, 4) is 0 Å². The molecule has 1 N–H and O–H groups in total. The maximum Gasteiger partial charge on any atom is 0.261 e. The van der Waals surface area contributed by atoms with Crippen molar-refractivity contribution in [3.63, 3.8) is 0 Å². The number of rotatable bonds is 2. The zero-order valence-corrected chi connectivity index (χ0v) is 11.4. The second kappa shape index (κ2) is 4.66. The number of halogens is 1. The molecule has 0 radical (unpaired) electrons. The zero-order valence-electron chi connectivity index (χ0n) is 9.82. The van der Waals surface area contributed by atoms with E-state index >= 15 is 0 Å². The molecule has 1 amide bonds. The predicted octanol–water partition coefficient (Wildman–Crippen LogP) is 2.60. The Labute approximate surface area is 105 Å². The van der Waals surface area contributed by atoms with Gasteiger partial charge < -0.3 is 5.32 Å². The summed E-state index contributed by atoms with van der Waals surface area (Å²) in [5, 5.41) is 2.63. The van der Waals surface area contributed by atoms with Crippen LogP contribution in [0, 0.1) is 5.41 Å². The van der Waals surface area contributed by atoms with Crippen LogP contribution in [0.4, 0.5) is 5.69 Å². The molecule has 0 fully saturated rings. The number of hydrogen-bond donors (Lipinski definition) is 1. The molecule has 0 aliphatic carbocycles. The van der Waals surface area contributed by atoms with Gasteiger partial charge in [-0.2, -0.15) is 0 Å². The zero-order chi connectivity index (χ0) is 13.3. The van der Waals surface area contributed by atoms with Gasteiger partial charge in [0.1, 0.15) is 0 Å². The van der Waals surface area contributed by atoms with E-state index in [1.807, 2.05) is 0 Å². The Morgan fingerprint density at radius 1 is 1.29 bits per heavy atom. The number of carbonyl (C=O) groups excluding carboxylic acids is 1. The summed E-state index contributed by atoms with van der Waals surface area (Å²) >= 11 is 0. The van der Waals surface area contributed by atoms with Gasteiger partial charge in [0, 0.05) is 21.8 Å². The van der Waals surface area contributed by atoms with Crippen LogP contribution in [-0.2, 0) is 13.8 Å². The van der Waals surface area contributed by atoms with E-state index in [1.54, 1.807) is 26.8 Å². The molecule has 1 aromatic carbocycles. The van der Waals surface area contributed by atoms with Crippen LogP contribution in [0.15, 0.2) is 29.2 Å². The molecule has 0 unspecified atom stereocenters. The van der Waals surface area contributed by atoms with Gasteiger partial charge in [-0.25, -0.2) is 8.42 Å². The van der Waals surface area contributed by atoms with Crippen molar-refractivity contribution < 1.29 is 13.2 Å². The molecule has 0 aliphatic heterocycles. The third-order valence-corrected chi connectivity index (χ3v) is 3.41. The topological polar surface area (TPSA) is 63.2 Å². The minimum absolute atomic E-state index is 0.0362. The van der Waals surface area contributed by atoms with E-state index in [4.69, 9.17) is 10.7 Å². The van der Waals surface area contributed by atoms with Gasteiger partial charge in [0.05, 0.1) is 4.90 Å². The molecule has 6 heteroatoms. The molecule has 0 saturated heterocycles. The normalized spacial score (nSPS) is 12.2. The minimum Gasteiger partial charge on any atom is -0.326 e. The molecular formula is C11H14ClNO3S. The Kier molecular flexibility index (Phi) is 3.84. The number of benzene rings is 1. The van der Waals surface area contributed by atoms with Gasteiger partial charge in [-0.1, -0.05) is 26.8 Å². The smallest absolute Gasteiger partial charge is 0.261 e. The third kappa shape index (κ3) is 4.02. The fourth-order valence-corrected chi connectivity index (χ4v) is 1.84. The number of nitrogens with one attached hydrogen (secondary N) is 1. The van der Waals surface area contributed by atoms with Crippen molar-refractivity contribution in [1.82, 2.24) is 0 Å². The maximum atomic E-state index is 11.7. The van der Waals surface area contributed by atoms with Crippen LogP contribution < -0.4 is 5.32 Å². The molecule has 1 rings (SSSR count).